The van der Waals surface area contributed by atoms with E-state index in [2.05, 4.69) is 17.6 Å². The van der Waals surface area contributed by atoms with Gasteiger partial charge in [0.1, 0.15) is 0 Å². The average Bonchev–Trinajstić information content (AvgIpc) is 1.68. The van der Waals surface area contributed by atoms with Crippen LogP contribution in [0.1, 0.15) is 0 Å². The standard InChI is InChI=1S/C4H8N2S/c1-6-3-4(7)2-5/h2-3,7H,5H2,1H3/b4-2+,6-3?. The minimum atomic E-state index is 0.683. The Kier molecular flexibility index (Phi) is 3.50. The van der Waals surface area contributed by atoms with E-state index >= 15 is 0 Å². The molecule has 0 unspecified atom stereocenters. The molecule has 0 saturated heterocycles. The van der Waals surface area contributed by atoms with Crippen molar-refractivity contribution in [1.82, 2.24) is 0 Å². The lowest BCUT2D eigenvalue weighted by Crippen LogP contribution is -1.81. The second-order valence-electron chi connectivity index (χ2n) is 0.979. The third-order valence-electron chi connectivity index (χ3n) is 0.432. The zero-order valence-corrected chi connectivity index (χ0v) is 5.02. The maximum Gasteiger partial charge on any atom is 0.0374 e. The minimum Gasteiger partial charge on any atom is -0.404 e. The van der Waals surface area contributed by atoms with E-state index < -0.39 is 0 Å². The number of nitrogens with two attached hydrogens (primary N) is 1. The van der Waals surface area contributed by atoms with E-state index in [1.54, 1.807) is 13.3 Å². The van der Waals surface area contributed by atoms with Crippen molar-refractivity contribution in [3.05, 3.63) is 11.1 Å². The average molecular weight is 116 g/mol. The molecular weight excluding hydrogens is 108 g/mol. The van der Waals surface area contributed by atoms with Crippen LogP contribution in [0.15, 0.2) is 16.1 Å². The first kappa shape index (κ1) is 6.56. The fraction of sp³-hybridized carbons (Fsp3) is 0.250. The van der Waals surface area contributed by atoms with Crippen molar-refractivity contribution in [2.24, 2.45) is 10.7 Å². The summed E-state index contributed by atoms with van der Waals surface area (Å²) in [7, 11) is 1.67. The largest absolute Gasteiger partial charge is 0.404 e. The van der Waals surface area contributed by atoms with Gasteiger partial charge in [-0.05, 0) is 0 Å². The van der Waals surface area contributed by atoms with Crippen LogP contribution in [0.4, 0.5) is 0 Å². The SMILES string of the molecule is CN=C/C(S)=C\N. The van der Waals surface area contributed by atoms with Crippen LogP contribution in [0.25, 0.3) is 0 Å². The fourth-order valence-corrected chi connectivity index (χ4v) is 0.291. The van der Waals surface area contributed by atoms with E-state index in [0.717, 1.165) is 0 Å². The molecule has 40 valence electrons. The Labute approximate surface area is 48.5 Å². The Morgan fingerprint density at radius 1 is 1.86 bits per heavy atom. The van der Waals surface area contributed by atoms with Crippen molar-refractivity contribution in [1.29, 1.82) is 0 Å². The zero-order chi connectivity index (χ0) is 5.70. The lowest BCUT2D eigenvalue weighted by molar-refractivity contribution is 1.47. The molecule has 0 aliphatic carbocycles. The van der Waals surface area contributed by atoms with E-state index in [9.17, 15) is 0 Å². The van der Waals surface area contributed by atoms with Gasteiger partial charge in [0, 0.05) is 24.4 Å². The predicted octanol–water partition coefficient (Wildman–Crippen LogP) is 0.417. The van der Waals surface area contributed by atoms with Gasteiger partial charge < -0.3 is 5.73 Å². The highest BCUT2D eigenvalue weighted by molar-refractivity contribution is 7.85. The maximum atomic E-state index is 5.03. The van der Waals surface area contributed by atoms with Crippen LogP contribution in [0, 0.1) is 0 Å². The van der Waals surface area contributed by atoms with Gasteiger partial charge in [-0.3, -0.25) is 4.99 Å². The first-order valence-corrected chi connectivity index (χ1v) is 2.29. The predicted molar refractivity (Wildman–Crippen MR) is 35.7 cm³/mol. The molecule has 2 N–H and O–H groups in total. The van der Waals surface area contributed by atoms with Crippen molar-refractivity contribution in [3.63, 3.8) is 0 Å². The van der Waals surface area contributed by atoms with Crippen molar-refractivity contribution >= 4 is 18.8 Å². The van der Waals surface area contributed by atoms with Crippen LogP contribution < -0.4 is 5.73 Å². The summed E-state index contributed by atoms with van der Waals surface area (Å²) in [5.74, 6) is 0. The Morgan fingerprint density at radius 2 is 2.43 bits per heavy atom. The molecule has 0 rings (SSSR count). The Bertz CT molecular complexity index is 95.9. The summed E-state index contributed by atoms with van der Waals surface area (Å²) in [5.41, 5.74) is 5.03. The molecule has 0 aromatic rings. The maximum absolute atomic E-state index is 5.03. The van der Waals surface area contributed by atoms with Gasteiger partial charge in [0.05, 0.1) is 0 Å². The molecular formula is C4H8N2S. The first-order chi connectivity index (χ1) is 3.31. The molecule has 0 spiro atoms. The van der Waals surface area contributed by atoms with Crippen LogP contribution in [0.3, 0.4) is 0 Å². The molecule has 0 aromatic heterocycles. The summed E-state index contributed by atoms with van der Waals surface area (Å²) in [5, 5.41) is 0. The van der Waals surface area contributed by atoms with E-state index in [1.807, 2.05) is 0 Å². The molecule has 0 aliphatic heterocycles. The molecule has 7 heavy (non-hydrogen) atoms. The first-order valence-electron chi connectivity index (χ1n) is 1.84. The zero-order valence-electron chi connectivity index (χ0n) is 4.13. The number of hydrogen-bond acceptors (Lipinski definition) is 3. The number of nitrogens with zero attached hydrogens (tertiary/aromatic N) is 1. The summed E-state index contributed by atoms with van der Waals surface area (Å²) in [6.07, 6.45) is 2.96. The van der Waals surface area contributed by atoms with Gasteiger partial charge >= 0.3 is 0 Å². The number of thiol groups is 1. The third-order valence-corrected chi connectivity index (χ3v) is 0.697. The van der Waals surface area contributed by atoms with Gasteiger partial charge in [-0.25, -0.2) is 0 Å². The number of aliphatic imine (C=N–C) groups is 1. The Morgan fingerprint density at radius 3 is 2.57 bits per heavy atom. The van der Waals surface area contributed by atoms with Crippen LogP contribution in [0.5, 0.6) is 0 Å². The molecule has 0 amide bonds. The monoisotopic (exact) mass is 116 g/mol. The van der Waals surface area contributed by atoms with Crippen LogP contribution in [-0.4, -0.2) is 13.3 Å². The van der Waals surface area contributed by atoms with Crippen molar-refractivity contribution in [2.45, 2.75) is 0 Å². The van der Waals surface area contributed by atoms with Gasteiger partial charge in [-0.1, -0.05) is 0 Å². The highest BCUT2D eigenvalue weighted by atomic mass is 32.1. The summed E-state index contributed by atoms with van der Waals surface area (Å²) in [6, 6.07) is 0. The van der Waals surface area contributed by atoms with Gasteiger partial charge in [0.15, 0.2) is 0 Å². The Balaban J connectivity index is 3.58. The van der Waals surface area contributed by atoms with E-state index in [1.165, 1.54) is 6.20 Å². The van der Waals surface area contributed by atoms with E-state index in [4.69, 9.17) is 5.73 Å². The molecule has 0 fully saturated rings. The molecule has 0 atom stereocenters. The molecule has 2 nitrogen and oxygen atoms in total. The second kappa shape index (κ2) is 3.74. The van der Waals surface area contributed by atoms with Gasteiger partial charge in [0.25, 0.3) is 0 Å². The van der Waals surface area contributed by atoms with Gasteiger partial charge in [0.2, 0.25) is 0 Å². The summed E-state index contributed by atoms with van der Waals surface area (Å²) in [4.78, 5) is 4.34. The summed E-state index contributed by atoms with van der Waals surface area (Å²) >= 11 is 3.90. The number of allylic oxidation sites excluding steroid dienone is 1. The van der Waals surface area contributed by atoms with Crippen molar-refractivity contribution in [2.75, 3.05) is 7.05 Å². The highest BCUT2D eigenvalue weighted by Crippen LogP contribution is 1.89. The van der Waals surface area contributed by atoms with Crippen LogP contribution in [-0.2, 0) is 0 Å². The summed E-state index contributed by atoms with van der Waals surface area (Å²) < 4.78 is 0. The van der Waals surface area contributed by atoms with Gasteiger partial charge in [-0.2, -0.15) is 0 Å². The van der Waals surface area contributed by atoms with Gasteiger partial charge in [-0.15, -0.1) is 12.6 Å². The normalized spacial score (nSPS) is 13.1. The molecule has 0 aromatic carbocycles. The molecule has 0 radical (unpaired) electrons. The topological polar surface area (TPSA) is 38.4 Å². The van der Waals surface area contributed by atoms with Crippen LogP contribution in [0.2, 0.25) is 0 Å². The number of hydrogen-bond donors (Lipinski definition) is 2. The quantitative estimate of drug-likeness (QED) is 0.378. The molecule has 0 bridgehead atoms. The Hall–Kier alpha value is -0.440. The number of rotatable bonds is 1. The minimum absolute atomic E-state index is 0.683. The smallest absolute Gasteiger partial charge is 0.0374 e. The van der Waals surface area contributed by atoms with Crippen molar-refractivity contribution in [3.8, 4) is 0 Å². The molecule has 0 heterocycles. The molecule has 0 saturated carbocycles. The highest BCUT2D eigenvalue weighted by Gasteiger charge is 1.73. The second-order valence-corrected chi connectivity index (χ2v) is 1.50. The molecule has 0 aliphatic rings. The fourth-order valence-electron chi connectivity index (χ4n) is 0.175. The third kappa shape index (κ3) is 3.39. The lowest BCUT2D eigenvalue weighted by Gasteiger charge is -1.79. The van der Waals surface area contributed by atoms with E-state index in [-0.39, 0.29) is 0 Å². The molecule has 3 heteroatoms. The lowest BCUT2D eigenvalue weighted by atomic mass is 10.6. The van der Waals surface area contributed by atoms with Crippen LogP contribution >= 0.6 is 12.6 Å². The van der Waals surface area contributed by atoms with E-state index in [0.29, 0.717) is 4.91 Å². The van der Waals surface area contributed by atoms with Crippen molar-refractivity contribution < 1.29 is 0 Å². The summed E-state index contributed by atoms with van der Waals surface area (Å²) in [6.45, 7) is 0.